The van der Waals surface area contributed by atoms with E-state index in [-0.39, 0.29) is 5.82 Å². The van der Waals surface area contributed by atoms with E-state index in [0.29, 0.717) is 34.9 Å². The molecule has 2 aromatic carbocycles. The summed E-state index contributed by atoms with van der Waals surface area (Å²) < 4.78 is 25.5. The van der Waals surface area contributed by atoms with Crippen molar-refractivity contribution in [3.63, 3.8) is 0 Å². The van der Waals surface area contributed by atoms with Gasteiger partial charge in [-0.3, -0.25) is 15.1 Å². The lowest BCUT2D eigenvalue weighted by Crippen LogP contribution is -1.96. The summed E-state index contributed by atoms with van der Waals surface area (Å²) in [5, 5.41) is 8.51. The van der Waals surface area contributed by atoms with Gasteiger partial charge >= 0.3 is 0 Å². The van der Waals surface area contributed by atoms with Gasteiger partial charge in [0.1, 0.15) is 35.1 Å². The van der Waals surface area contributed by atoms with E-state index in [4.69, 9.17) is 14.5 Å². The van der Waals surface area contributed by atoms with Crippen molar-refractivity contribution in [1.82, 2.24) is 30.1 Å². The van der Waals surface area contributed by atoms with Crippen LogP contribution in [0.25, 0.3) is 55.7 Å². The van der Waals surface area contributed by atoms with E-state index in [1.807, 2.05) is 54.6 Å². The molecule has 0 spiro atoms. The second-order valence-corrected chi connectivity index (χ2v) is 9.56. The fourth-order valence-corrected chi connectivity index (χ4v) is 4.87. The van der Waals surface area contributed by atoms with Crippen LogP contribution >= 0.6 is 0 Å². The highest BCUT2D eigenvalue weighted by molar-refractivity contribution is 6.00. The number of halogens is 1. The lowest BCUT2D eigenvalue weighted by molar-refractivity contribution is 0.305. The average Bonchev–Trinajstić information content (AvgIpc) is 3.64. The molecule has 0 unspecified atom stereocenters. The largest absolute Gasteiger partial charge is 0.497 e. The summed E-state index contributed by atoms with van der Waals surface area (Å²) >= 11 is 0. The smallest absolute Gasteiger partial charge is 0.138 e. The van der Waals surface area contributed by atoms with Crippen molar-refractivity contribution in [2.45, 2.75) is 6.61 Å². The van der Waals surface area contributed by atoms with Crippen LogP contribution in [0.1, 0.15) is 5.56 Å². The van der Waals surface area contributed by atoms with Crippen molar-refractivity contribution in [2.24, 2.45) is 0 Å². The Bertz CT molecular complexity index is 2020. The molecule has 0 saturated heterocycles. The minimum atomic E-state index is -0.383. The molecule has 0 aliphatic heterocycles. The molecule has 0 aliphatic carbocycles. The molecular weight excluding hydrogens is 519 g/mol. The molecule has 5 heterocycles. The molecule has 0 bridgehead atoms. The van der Waals surface area contributed by atoms with Crippen molar-refractivity contribution in [1.29, 1.82) is 0 Å². The molecule has 0 atom stereocenters. The first-order valence-corrected chi connectivity index (χ1v) is 12.9. The van der Waals surface area contributed by atoms with E-state index < -0.39 is 0 Å². The Labute approximate surface area is 233 Å². The predicted molar refractivity (Wildman–Crippen MR) is 155 cm³/mol. The van der Waals surface area contributed by atoms with E-state index in [1.54, 1.807) is 30.9 Å². The van der Waals surface area contributed by atoms with Gasteiger partial charge in [0.15, 0.2) is 0 Å². The van der Waals surface area contributed by atoms with Crippen LogP contribution in [0, 0.1) is 5.82 Å². The van der Waals surface area contributed by atoms with Gasteiger partial charge in [-0.2, -0.15) is 5.10 Å². The number of benzene rings is 2. The summed E-state index contributed by atoms with van der Waals surface area (Å²) in [7, 11) is 1.51. The lowest BCUT2D eigenvalue weighted by atomic mass is 10.0. The summed E-state index contributed by atoms with van der Waals surface area (Å²) in [6.07, 6.45) is 6.90. The number of aromatic amines is 2. The molecular formula is C32H23FN6O2. The number of rotatable bonds is 7. The third-order valence-electron chi connectivity index (χ3n) is 6.88. The molecule has 0 fully saturated rings. The zero-order valence-electron chi connectivity index (χ0n) is 21.9. The third-order valence-corrected chi connectivity index (χ3v) is 6.88. The number of hydrogen-bond donors (Lipinski definition) is 2. The highest BCUT2D eigenvalue weighted by Gasteiger charge is 2.17. The maximum Gasteiger partial charge on any atom is 0.138 e. The van der Waals surface area contributed by atoms with E-state index in [9.17, 15) is 4.39 Å². The maximum atomic E-state index is 14.3. The highest BCUT2D eigenvalue weighted by atomic mass is 19.1. The Hall–Kier alpha value is -5.57. The van der Waals surface area contributed by atoms with Crippen LogP contribution < -0.4 is 9.47 Å². The van der Waals surface area contributed by atoms with Crippen LogP contribution in [0.4, 0.5) is 4.39 Å². The van der Waals surface area contributed by atoms with Crippen LogP contribution in [-0.2, 0) is 6.61 Å². The van der Waals surface area contributed by atoms with E-state index in [0.717, 1.165) is 44.5 Å². The SMILES string of the molecule is COc1cc(F)cc(-c2cncc3[nH]c(-c4n[nH]c5ccc(-c6cncc(OCc7ccccc7)c6)nc45)cc23)c1. The predicted octanol–water partition coefficient (Wildman–Crippen LogP) is 6.96. The monoisotopic (exact) mass is 542 g/mol. The van der Waals surface area contributed by atoms with Gasteiger partial charge in [-0.25, -0.2) is 9.37 Å². The minimum Gasteiger partial charge on any atom is -0.497 e. The highest BCUT2D eigenvalue weighted by Crippen LogP contribution is 2.35. The lowest BCUT2D eigenvalue weighted by Gasteiger charge is -2.08. The normalized spacial score (nSPS) is 11.3. The molecule has 200 valence electrons. The van der Waals surface area contributed by atoms with Gasteiger partial charge in [-0.15, -0.1) is 0 Å². The van der Waals surface area contributed by atoms with Gasteiger partial charge in [-0.05, 0) is 47.5 Å². The fourth-order valence-electron chi connectivity index (χ4n) is 4.87. The number of hydrogen-bond acceptors (Lipinski definition) is 6. The number of pyridine rings is 3. The number of aromatic nitrogens is 6. The molecule has 9 heteroatoms. The zero-order chi connectivity index (χ0) is 27.8. The maximum absolute atomic E-state index is 14.3. The molecule has 0 amide bonds. The number of H-pyrrole nitrogens is 2. The number of nitrogens with one attached hydrogen (secondary N) is 2. The molecule has 2 N–H and O–H groups in total. The topological polar surface area (TPSA) is 102 Å². The zero-order valence-corrected chi connectivity index (χ0v) is 21.9. The molecule has 5 aromatic heterocycles. The van der Waals surface area contributed by atoms with Gasteiger partial charge in [0.25, 0.3) is 0 Å². The van der Waals surface area contributed by atoms with Gasteiger partial charge in [-0.1, -0.05) is 30.3 Å². The van der Waals surface area contributed by atoms with Crippen molar-refractivity contribution in [3.05, 3.63) is 109 Å². The number of fused-ring (bicyclic) bond motifs is 2. The quantitative estimate of drug-likeness (QED) is 0.226. The molecule has 0 aliphatic rings. The Balaban J connectivity index is 1.24. The molecule has 0 saturated carbocycles. The van der Waals surface area contributed by atoms with Crippen LogP contribution in [0.3, 0.4) is 0 Å². The van der Waals surface area contributed by atoms with Gasteiger partial charge in [0, 0.05) is 35.0 Å². The number of nitrogens with zero attached hydrogens (tertiary/aromatic N) is 4. The van der Waals surface area contributed by atoms with Gasteiger partial charge < -0.3 is 14.5 Å². The minimum absolute atomic E-state index is 0.383. The van der Waals surface area contributed by atoms with Crippen LogP contribution in [0.2, 0.25) is 0 Å². The average molecular weight is 543 g/mol. The second kappa shape index (κ2) is 10.2. The van der Waals surface area contributed by atoms with Gasteiger partial charge in [0.05, 0.1) is 41.9 Å². The molecule has 7 rings (SSSR count). The standard InChI is InChI=1S/C32H23FN6O2/c1-40-23-10-20(9-22(33)12-23)26-16-35-17-30-25(26)13-29(36-30)32-31-28(38-39-32)8-7-27(37-31)21-11-24(15-34-14-21)41-18-19-5-3-2-4-6-19/h2-17,36H,18H2,1H3,(H,38,39). The first-order chi connectivity index (χ1) is 20.1. The van der Waals surface area contributed by atoms with Crippen molar-refractivity contribution in [3.8, 4) is 45.3 Å². The Morgan fingerprint density at radius 3 is 2.54 bits per heavy atom. The van der Waals surface area contributed by atoms with Crippen LogP contribution in [0.5, 0.6) is 11.5 Å². The Morgan fingerprint density at radius 2 is 1.66 bits per heavy atom. The summed E-state index contributed by atoms with van der Waals surface area (Å²) in [4.78, 5) is 17.1. The Kier molecular flexibility index (Phi) is 6.09. The summed E-state index contributed by atoms with van der Waals surface area (Å²) in [6, 6.07) is 22.4. The Morgan fingerprint density at radius 1 is 0.805 bits per heavy atom. The van der Waals surface area contributed by atoms with Crippen molar-refractivity contribution >= 4 is 21.9 Å². The van der Waals surface area contributed by atoms with E-state index >= 15 is 0 Å². The van der Waals surface area contributed by atoms with E-state index in [2.05, 4.69) is 25.1 Å². The molecule has 0 radical (unpaired) electrons. The molecule has 41 heavy (non-hydrogen) atoms. The van der Waals surface area contributed by atoms with Crippen molar-refractivity contribution < 1.29 is 13.9 Å². The summed E-state index contributed by atoms with van der Waals surface area (Å²) in [5.74, 6) is 0.711. The second-order valence-electron chi connectivity index (χ2n) is 9.56. The van der Waals surface area contributed by atoms with E-state index in [1.165, 1.54) is 19.2 Å². The number of methoxy groups -OCH3 is 1. The number of ether oxygens (including phenoxy) is 2. The van der Waals surface area contributed by atoms with Crippen LogP contribution in [0.15, 0.2) is 97.6 Å². The fraction of sp³-hybridized carbons (Fsp3) is 0.0625. The van der Waals surface area contributed by atoms with Crippen molar-refractivity contribution in [2.75, 3.05) is 7.11 Å². The molecule has 7 aromatic rings. The molecule has 8 nitrogen and oxygen atoms in total. The summed E-state index contributed by atoms with van der Waals surface area (Å²) in [5.41, 5.74) is 7.78. The summed E-state index contributed by atoms with van der Waals surface area (Å²) in [6.45, 7) is 0.448. The van der Waals surface area contributed by atoms with Gasteiger partial charge in [0.2, 0.25) is 0 Å². The van der Waals surface area contributed by atoms with Crippen LogP contribution in [-0.4, -0.2) is 37.2 Å². The first kappa shape index (κ1) is 24.5. The first-order valence-electron chi connectivity index (χ1n) is 12.9. The third kappa shape index (κ3) is 4.74.